The monoisotopic (exact) mass is 383 g/mol. The number of benzene rings is 1. The largest absolute Gasteiger partial charge is 0.366 e. The Morgan fingerprint density at radius 2 is 1.93 bits per heavy atom. The number of amides is 2. The van der Waals surface area contributed by atoms with Gasteiger partial charge in [0.25, 0.3) is 5.91 Å². The molecule has 1 radical (unpaired) electrons. The molecule has 0 unspecified atom stereocenters. The molecule has 8 heteroatoms. The van der Waals surface area contributed by atoms with E-state index >= 15 is 0 Å². The lowest BCUT2D eigenvalue weighted by atomic mass is 10.00. The second-order valence-corrected chi connectivity index (χ2v) is 7.59. The van der Waals surface area contributed by atoms with Gasteiger partial charge in [0.1, 0.15) is 0 Å². The number of H-pyrrole nitrogens is 1. The van der Waals surface area contributed by atoms with Crippen LogP contribution in [0.25, 0.3) is 10.9 Å². The molecule has 2 saturated heterocycles. The molecule has 0 spiro atoms. The quantitative estimate of drug-likeness (QED) is 0.689. The molecular weight excluding hydrogens is 356 g/mol. The highest BCUT2D eigenvalue weighted by molar-refractivity contribution is 6.05. The summed E-state index contributed by atoms with van der Waals surface area (Å²) in [7, 11) is 0. The number of aromatic amines is 1. The van der Waals surface area contributed by atoms with Crippen molar-refractivity contribution in [1.82, 2.24) is 25.3 Å². The Balaban J connectivity index is 1.32. The standard InChI is InChI=1S/C20H27N6O2/c21-20(28)17-12-14(11-15-13-23-24-19(15)17)1-2-18(27)26-7-3-16(4-8-26)25-9-5-22-6-10-25/h2,11-13,16,22H,1,3-10H2,(H2,21,28)(H,23,24). The third-order valence-corrected chi connectivity index (χ3v) is 5.83. The van der Waals surface area contributed by atoms with Crippen LogP contribution in [0.5, 0.6) is 0 Å². The fourth-order valence-electron chi connectivity index (χ4n) is 4.26. The molecule has 2 aliphatic rings. The van der Waals surface area contributed by atoms with Crippen molar-refractivity contribution in [2.45, 2.75) is 25.3 Å². The van der Waals surface area contributed by atoms with E-state index in [1.165, 1.54) is 0 Å². The van der Waals surface area contributed by atoms with E-state index in [9.17, 15) is 9.59 Å². The molecule has 28 heavy (non-hydrogen) atoms. The average Bonchev–Trinajstić information content (AvgIpc) is 3.20. The van der Waals surface area contributed by atoms with Gasteiger partial charge in [-0.1, -0.05) is 0 Å². The van der Waals surface area contributed by atoms with E-state index in [0.717, 1.165) is 63.1 Å². The summed E-state index contributed by atoms with van der Waals surface area (Å²) >= 11 is 0. The van der Waals surface area contributed by atoms with Gasteiger partial charge in [0.2, 0.25) is 5.91 Å². The van der Waals surface area contributed by atoms with E-state index in [2.05, 4.69) is 20.4 Å². The molecule has 1 aromatic carbocycles. The number of carbonyl (C=O) groups excluding carboxylic acids is 2. The number of fused-ring (bicyclic) bond motifs is 1. The van der Waals surface area contributed by atoms with Crippen molar-refractivity contribution < 1.29 is 9.59 Å². The third-order valence-electron chi connectivity index (χ3n) is 5.83. The highest BCUT2D eigenvalue weighted by Gasteiger charge is 2.27. The minimum atomic E-state index is -0.502. The SMILES string of the molecule is NC(=O)c1cc(C[CH]C(=O)N2CCC(N3CCNCC3)CC2)cc2cn[nH]c12. The van der Waals surface area contributed by atoms with Crippen LogP contribution >= 0.6 is 0 Å². The van der Waals surface area contributed by atoms with Gasteiger partial charge in [-0.15, -0.1) is 0 Å². The lowest BCUT2D eigenvalue weighted by Crippen LogP contribution is -2.52. The van der Waals surface area contributed by atoms with Crippen LogP contribution in [0.2, 0.25) is 0 Å². The lowest BCUT2D eigenvalue weighted by molar-refractivity contribution is -0.129. The summed E-state index contributed by atoms with van der Waals surface area (Å²) in [5, 5.41) is 11.0. The van der Waals surface area contributed by atoms with Crippen molar-refractivity contribution in [1.29, 1.82) is 0 Å². The van der Waals surface area contributed by atoms with Crippen LogP contribution < -0.4 is 11.1 Å². The summed E-state index contributed by atoms with van der Waals surface area (Å²) in [5.74, 6) is -0.441. The smallest absolute Gasteiger partial charge is 0.250 e. The van der Waals surface area contributed by atoms with E-state index in [-0.39, 0.29) is 5.91 Å². The molecule has 2 fully saturated rings. The Kier molecular flexibility index (Phi) is 5.59. The number of likely N-dealkylation sites (tertiary alicyclic amines) is 1. The predicted molar refractivity (Wildman–Crippen MR) is 107 cm³/mol. The molecule has 149 valence electrons. The van der Waals surface area contributed by atoms with E-state index < -0.39 is 5.91 Å². The molecule has 4 rings (SSSR count). The first-order valence-corrected chi connectivity index (χ1v) is 9.94. The van der Waals surface area contributed by atoms with Crippen molar-refractivity contribution >= 4 is 22.7 Å². The molecule has 2 aliphatic heterocycles. The van der Waals surface area contributed by atoms with Gasteiger partial charge in [-0.2, -0.15) is 5.10 Å². The summed E-state index contributed by atoms with van der Waals surface area (Å²) in [6, 6.07) is 4.27. The number of piperidine rings is 1. The van der Waals surface area contributed by atoms with E-state index in [0.29, 0.717) is 23.5 Å². The number of hydrogen-bond donors (Lipinski definition) is 3. The lowest BCUT2D eigenvalue weighted by Gasteiger charge is -2.40. The normalized spacial score (nSPS) is 19.2. The molecule has 3 heterocycles. The van der Waals surface area contributed by atoms with Gasteiger partial charge in [0, 0.05) is 50.7 Å². The minimum Gasteiger partial charge on any atom is -0.366 e. The topological polar surface area (TPSA) is 107 Å². The highest BCUT2D eigenvalue weighted by atomic mass is 16.2. The van der Waals surface area contributed by atoms with Gasteiger partial charge < -0.3 is 16.0 Å². The first-order chi connectivity index (χ1) is 13.6. The van der Waals surface area contributed by atoms with Gasteiger partial charge in [-0.25, -0.2) is 0 Å². The number of nitrogens with zero attached hydrogens (tertiary/aromatic N) is 3. The minimum absolute atomic E-state index is 0.0617. The maximum absolute atomic E-state index is 12.6. The number of nitrogens with one attached hydrogen (secondary N) is 2. The Bertz CT molecular complexity index is 849. The van der Waals surface area contributed by atoms with Crippen molar-refractivity contribution in [2.24, 2.45) is 5.73 Å². The van der Waals surface area contributed by atoms with Crippen molar-refractivity contribution in [3.05, 3.63) is 35.9 Å². The molecule has 0 aliphatic carbocycles. The van der Waals surface area contributed by atoms with E-state index in [1.54, 1.807) is 18.7 Å². The van der Waals surface area contributed by atoms with Crippen molar-refractivity contribution in [3.63, 3.8) is 0 Å². The van der Waals surface area contributed by atoms with Crippen LogP contribution in [-0.2, 0) is 11.2 Å². The summed E-state index contributed by atoms with van der Waals surface area (Å²) in [6.45, 7) is 5.92. The Morgan fingerprint density at radius 1 is 1.18 bits per heavy atom. The number of nitrogens with two attached hydrogens (primary N) is 1. The van der Waals surface area contributed by atoms with E-state index in [4.69, 9.17) is 5.73 Å². The van der Waals surface area contributed by atoms with Gasteiger partial charge >= 0.3 is 0 Å². The van der Waals surface area contributed by atoms with Gasteiger partial charge in [0.05, 0.1) is 23.7 Å². The van der Waals surface area contributed by atoms with Crippen LogP contribution in [0.3, 0.4) is 0 Å². The zero-order valence-corrected chi connectivity index (χ0v) is 16.0. The molecule has 2 aromatic rings. The van der Waals surface area contributed by atoms with Crippen LogP contribution in [0.15, 0.2) is 18.3 Å². The maximum Gasteiger partial charge on any atom is 0.250 e. The maximum atomic E-state index is 12.6. The Morgan fingerprint density at radius 3 is 2.64 bits per heavy atom. The second-order valence-electron chi connectivity index (χ2n) is 7.59. The van der Waals surface area contributed by atoms with Gasteiger partial charge in [0.15, 0.2) is 0 Å². The van der Waals surface area contributed by atoms with Crippen LogP contribution in [-0.4, -0.2) is 77.1 Å². The summed E-state index contributed by atoms with van der Waals surface area (Å²) in [5.41, 5.74) is 7.40. The number of carbonyl (C=O) groups is 2. The molecular formula is C20H27N6O2. The average molecular weight is 383 g/mol. The molecule has 8 nitrogen and oxygen atoms in total. The first kappa shape index (κ1) is 18.9. The summed E-state index contributed by atoms with van der Waals surface area (Å²) in [4.78, 5) is 28.8. The van der Waals surface area contributed by atoms with Crippen LogP contribution in [0.4, 0.5) is 0 Å². The molecule has 0 atom stereocenters. The van der Waals surface area contributed by atoms with Crippen LogP contribution in [0.1, 0.15) is 28.8 Å². The fourth-order valence-corrected chi connectivity index (χ4v) is 4.26. The van der Waals surface area contributed by atoms with Gasteiger partial charge in [-0.05, 0) is 37.0 Å². The zero-order valence-electron chi connectivity index (χ0n) is 16.0. The number of rotatable bonds is 5. The number of piperazine rings is 1. The molecule has 2 amide bonds. The number of aromatic nitrogens is 2. The van der Waals surface area contributed by atoms with Gasteiger partial charge in [-0.3, -0.25) is 19.6 Å². The number of hydrogen-bond acceptors (Lipinski definition) is 5. The molecule has 1 aromatic heterocycles. The fraction of sp³-hybridized carbons (Fsp3) is 0.500. The molecule has 4 N–H and O–H groups in total. The van der Waals surface area contributed by atoms with Crippen molar-refractivity contribution in [2.75, 3.05) is 39.3 Å². The number of primary amides is 1. The third kappa shape index (κ3) is 4.02. The summed E-state index contributed by atoms with van der Waals surface area (Å²) < 4.78 is 0. The van der Waals surface area contributed by atoms with E-state index in [1.807, 2.05) is 11.0 Å². The second kappa shape index (κ2) is 8.28. The Labute approximate surface area is 164 Å². The zero-order chi connectivity index (χ0) is 19.5. The summed E-state index contributed by atoms with van der Waals surface area (Å²) in [6.07, 6.45) is 5.90. The van der Waals surface area contributed by atoms with Crippen LogP contribution in [0, 0.1) is 6.42 Å². The highest BCUT2D eigenvalue weighted by Crippen LogP contribution is 2.21. The predicted octanol–water partition coefficient (Wildman–Crippen LogP) is 0.305. The Hall–Kier alpha value is -2.45. The first-order valence-electron chi connectivity index (χ1n) is 9.94. The van der Waals surface area contributed by atoms with Crippen molar-refractivity contribution in [3.8, 4) is 0 Å². The molecule has 0 saturated carbocycles. The molecule has 0 bridgehead atoms.